The van der Waals surface area contributed by atoms with E-state index in [1.54, 1.807) is 18.4 Å². The van der Waals surface area contributed by atoms with Gasteiger partial charge in [-0.1, -0.05) is 0 Å². The number of hydrogen-bond acceptors (Lipinski definition) is 5. The van der Waals surface area contributed by atoms with E-state index in [-0.39, 0.29) is 6.04 Å². The van der Waals surface area contributed by atoms with Crippen molar-refractivity contribution < 1.29 is 4.74 Å². The van der Waals surface area contributed by atoms with Gasteiger partial charge in [0.15, 0.2) is 0 Å². The van der Waals surface area contributed by atoms with E-state index in [2.05, 4.69) is 22.3 Å². The Kier molecular flexibility index (Phi) is 6.65. The SMILES string of the molecule is COCCCC(N)CN(C)Cc1csc(C)n1. The van der Waals surface area contributed by atoms with E-state index < -0.39 is 0 Å². The fraction of sp³-hybridized carbons (Fsp3) is 0.750. The molecule has 1 atom stereocenters. The average Bonchev–Trinajstić information content (AvgIpc) is 2.64. The van der Waals surface area contributed by atoms with Crippen LogP contribution in [0.5, 0.6) is 0 Å². The highest BCUT2D eigenvalue weighted by Gasteiger charge is 2.08. The lowest BCUT2D eigenvalue weighted by atomic mass is 10.1. The summed E-state index contributed by atoms with van der Waals surface area (Å²) in [6.45, 7) is 4.61. The first-order chi connectivity index (χ1) is 8.11. The van der Waals surface area contributed by atoms with E-state index in [1.165, 1.54) is 0 Å². The zero-order valence-electron chi connectivity index (χ0n) is 11.0. The third-order valence-corrected chi connectivity index (χ3v) is 3.39. The van der Waals surface area contributed by atoms with E-state index in [0.29, 0.717) is 0 Å². The van der Waals surface area contributed by atoms with Crippen molar-refractivity contribution in [1.82, 2.24) is 9.88 Å². The Balaban J connectivity index is 2.21. The molecular weight excluding hydrogens is 234 g/mol. The number of ether oxygens (including phenoxy) is 1. The number of hydrogen-bond donors (Lipinski definition) is 1. The molecule has 1 rings (SSSR count). The summed E-state index contributed by atoms with van der Waals surface area (Å²) in [5, 5.41) is 3.24. The van der Waals surface area contributed by atoms with Crippen molar-refractivity contribution in [3.8, 4) is 0 Å². The Morgan fingerprint density at radius 2 is 2.35 bits per heavy atom. The van der Waals surface area contributed by atoms with Crippen LogP contribution < -0.4 is 5.73 Å². The Hall–Kier alpha value is -0.490. The Bertz CT molecular complexity index is 316. The van der Waals surface area contributed by atoms with Crippen molar-refractivity contribution in [1.29, 1.82) is 0 Å². The van der Waals surface area contributed by atoms with E-state index in [0.717, 1.165) is 43.2 Å². The second kappa shape index (κ2) is 7.76. The standard InChI is InChI=1S/C12H23N3OS/c1-10-14-12(9-17-10)8-15(2)7-11(13)5-4-6-16-3/h9,11H,4-8,13H2,1-3H3. The minimum absolute atomic E-state index is 0.217. The molecule has 4 nitrogen and oxygen atoms in total. The Morgan fingerprint density at radius 1 is 1.59 bits per heavy atom. The first-order valence-corrected chi connectivity index (χ1v) is 6.84. The smallest absolute Gasteiger partial charge is 0.0897 e. The summed E-state index contributed by atoms with van der Waals surface area (Å²) < 4.78 is 5.02. The van der Waals surface area contributed by atoms with Crippen LogP contribution in [0.25, 0.3) is 0 Å². The van der Waals surface area contributed by atoms with Gasteiger partial charge in [0.2, 0.25) is 0 Å². The highest BCUT2D eigenvalue weighted by Crippen LogP contribution is 2.10. The molecule has 1 unspecified atom stereocenters. The largest absolute Gasteiger partial charge is 0.385 e. The number of likely N-dealkylation sites (N-methyl/N-ethyl adjacent to an activating group) is 1. The number of thiazole rings is 1. The van der Waals surface area contributed by atoms with Gasteiger partial charge in [-0.2, -0.15) is 0 Å². The summed E-state index contributed by atoms with van der Waals surface area (Å²) in [7, 11) is 3.81. The summed E-state index contributed by atoms with van der Waals surface area (Å²) in [5.41, 5.74) is 7.20. The van der Waals surface area contributed by atoms with Gasteiger partial charge >= 0.3 is 0 Å². The summed E-state index contributed by atoms with van der Waals surface area (Å²) in [6.07, 6.45) is 2.04. The highest BCUT2D eigenvalue weighted by molar-refractivity contribution is 7.09. The minimum atomic E-state index is 0.217. The van der Waals surface area contributed by atoms with Crippen molar-refractivity contribution >= 4 is 11.3 Å². The van der Waals surface area contributed by atoms with Gasteiger partial charge in [-0.15, -0.1) is 11.3 Å². The molecule has 2 N–H and O–H groups in total. The molecular formula is C12H23N3OS. The van der Waals surface area contributed by atoms with Crippen molar-refractivity contribution in [2.75, 3.05) is 27.3 Å². The predicted molar refractivity (Wildman–Crippen MR) is 72.3 cm³/mol. The second-order valence-corrected chi connectivity index (χ2v) is 5.51. The highest BCUT2D eigenvalue weighted by atomic mass is 32.1. The number of rotatable bonds is 8. The van der Waals surface area contributed by atoms with Crippen LogP contribution in [0.15, 0.2) is 5.38 Å². The summed E-state index contributed by atoms with van der Waals surface area (Å²) in [6, 6.07) is 0.217. The quantitative estimate of drug-likeness (QED) is 0.719. The average molecular weight is 257 g/mol. The Labute approximate surface area is 108 Å². The molecule has 0 aromatic carbocycles. The molecule has 0 fully saturated rings. The zero-order chi connectivity index (χ0) is 12.7. The predicted octanol–water partition coefficient (Wildman–Crippen LogP) is 1.64. The van der Waals surface area contributed by atoms with E-state index >= 15 is 0 Å². The molecule has 17 heavy (non-hydrogen) atoms. The Morgan fingerprint density at radius 3 is 2.94 bits per heavy atom. The van der Waals surface area contributed by atoms with Crippen molar-refractivity contribution in [3.05, 3.63) is 16.1 Å². The van der Waals surface area contributed by atoms with Gasteiger partial charge in [0.1, 0.15) is 0 Å². The molecule has 0 bridgehead atoms. The van der Waals surface area contributed by atoms with E-state index in [9.17, 15) is 0 Å². The normalized spacial score (nSPS) is 13.2. The van der Waals surface area contributed by atoms with Gasteiger partial charge in [-0.3, -0.25) is 4.90 Å². The van der Waals surface area contributed by atoms with Gasteiger partial charge in [0.05, 0.1) is 10.7 Å². The third-order valence-electron chi connectivity index (χ3n) is 2.57. The molecule has 0 radical (unpaired) electrons. The van der Waals surface area contributed by atoms with Crippen LogP contribution in [-0.4, -0.2) is 43.2 Å². The number of methoxy groups -OCH3 is 1. The molecule has 1 aromatic heterocycles. The fourth-order valence-corrected chi connectivity index (χ4v) is 2.41. The van der Waals surface area contributed by atoms with Crippen LogP contribution >= 0.6 is 11.3 Å². The molecule has 0 aliphatic heterocycles. The molecule has 1 aromatic rings. The van der Waals surface area contributed by atoms with Crippen LogP contribution in [0, 0.1) is 6.92 Å². The molecule has 0 saturated heterocycles. The number of nitrogens with zero attached hydrogens (tertiary/aromatic N) is 2. The molecule has 0 aliphatic carbocycles. The lowest BCUT2D eigenvalue weighted by Crippen LogP contribution is -2.35. The molecule has 0 spiro atoms. The van der Waals surface area contributed by atoms with Crippen LogP contribution in [0.3, 0.4) is 0 Å². The van der Waals surface area contributed by atoms with Crippen molar-refractivity contribution in [2.24, 2.45) is 5.73 Å². The maximum atomic E-state index is 6.06. The topological polar surface area (TPSA) is 51.4 Å². The third kappa shape index (κ3) is 6.12. The first kappa shape index (κ1) is 14.6. The molecule has 0 aliphatic rings. The first-order valence-electron chi connectivity index (χ1n) is 5.96. The lowest BCUT2D eigenvalue weighted by molar-refractivity contribution is 0.187. The number of aryl methyl sites for hydroxylation is 1. The van der Waals surface area contributed by atoms with Crippen molar-refractivity contribution in [2.45, 2.75) is 32.4 Å². The maximum absolute atomic E-state index is 6.06. The van der Waals surface area contributed by atoms with Gasteiger partial charge in [0.25, 0.3) is 0 Å². The van der Waals surface area contributed by atoms with Gasteiger partial charge in [-0.25, -0.2) is 4.98 Å². The van der Waals surface area contributed by atoms with Crippen LogP contribution in [-0.2, 0) is 11.3 Å². The molecule has 98 valence electrons. The van der Waals surface area contributed by atoms with Crippen molar-refractivity contribution in [3.63, 3.8) is 0 Å². The second-order valence-electron chi connectivity index (χ2n) is 4.45. The molecule has 0 amide bonds. The summed E-state index contributed by atoms with van der Waals surface area (Å²) >= 11 is 1.70. The maximum Gasteiger partial charge on any atom is 0.0897 e. The summed E-state index contributed by atoms with van der Waals surface area (Å²) in [4.78, 5) is 6.68. The zero-order valence-corrected chi connectivity index (χ0v) is 11.8. The van der Waals surface area contributed by atoms with Crippen LogP contribution in [0.4, 0.5) is 0 Å². The lowest BCUT2D eigenvalue weighted by Gasteiger charge is -2.20. The van der Waals surface area contributed by atoms with E-state index in [1.807, 2.05) is 6.92 Å². The van der Waals surface area contributed by atoms with E-state index in [4.69, 9.17) is 10.5 Å². The number of nitrogens with two attached hydrogens (primary N) is 1. The molecule has 1 heterocycles. The van der Waals surface area contributed by atoms with Crippen LogP contribution in [0.1, 0.15) is 23.5 Å². The number of aromatic nitrogens is 1. The van der Waals surface area contributed by atoms with Gasteiger partial charge < -0.3 is 10.5 Å². The minimum Gasteiger partial charge on any atom is -0.385 e. The molecule has 0 saturated carbocycles. The van der Waals surface area contributed by atoms with Crippen LogP contribution in [0.2, 0.25) is 0 Å². The van der Waals surface area contributed by atoms with Gasteiger partial charge in [-0.05, 0) is 26.8 Å². The van der Waals surface area contributed by atoms with Gasteiger partial charge in [0, 0.05) is 38.2 Å². The monoisotopic (exact) mass is 257 g/mol. The summed E-state index contributed by atoms with van der Waals surface area (Å²) in [5.74, 6) is 0. The fourth-order valence-electron chi connectivity index (χ4n) is 1.80. The molecule has 5 heteroatoms.